The Morgan fingerprint density at radius 3 is 2.28 bits per heavy atom. The molecule has 0 spiro atoms. The van der Waals surface area contributed by atoms with E-state index in [0.717, 1.165) is 23.4 Å². The highest BCUT2D eigenvalue weighted by molar-refractivity contribution is 7.87. The van der Waals surface area contributed by atoms with Crippen molar-refractivity contribution in [3.8, 4) is 5.75 Å². The van der Waals surface area contributed by atoms with Crippen molar-refractivity contribution >= 4 is 39.0 Å². The first-order chi connectivity index (χ1) is 18.7. The number of fused-ring (bicyclic) bond motifs is 2. The topological polar surface area (TPSA) is 119 Å². The smallest absolute Gasteiger partial charge is 0.339 e. The number of rotatable bonds is 5. The Labute approximate surface area is 225 Å². The number of nitrogens with one attached hydrogen (secondary N) is 2. The quantitative estimate of drug-likeness (QED) is 0.450. The highest BCUT2D eigenvalue weighted by Crippen LogP contribution is 2.48. The average Bonchev–Trinajstić information content (AvgIpc) is 3.20. The van der Waals surface area contributed by atoms with E-state index in [2.05, 4.69) is 10.6 Å². The van der Waals surface area contributed by atoms with Crippen LogP contribution in [0.4, 0.5) is 5.69 Å². The van der Waals surface area contributed by atoms with E-state index in [4.69, 9.17) is 4.18 Å². The number of allylic oxidation sites excluding steroid dienone is 3. The van der Waals surface area contributed by atoms with Crippen LogP contribution in [0.25, 0.3) is 5.70 Å². The summed E-state index contributed by atoms with van der Waals surface area (Å²) in [7, 11) is -4.13. The third kappa shape index (κ3) is 4.34. The van der Waals surface area contributed by atoms with Crippen molar-refractivity contribution in [3.05, 3.63) is 106 Å². The number of carbonyl (C=O) groups is 3. The molecule has 8 nitrogen and oxygen atoms in total. The maximum atomic E-state index is 13.5. The van der Waals surface area contributed by atoms with Gasteiger partial charge < -0.3 is 14.8 Å². The second kappa shape index (κ2) is 9.36. The Morgan fingerprint density at radius 2 is 1.59 bits per heavy atom. The van der Waals surface area contributed by atoms with Gasteiger partial charge in [-0.2, -0.15) is 8.42 Å². The van der Waals surface area contributed by atoms with E-state index in [1.54, 1.807) is 18.2 Å². The fraction of sp³-hybridized carbons (Fsp3) is 0.167. The fourth-order valence-corrected chi connectivity index (χ4v) is 6.40. The molecule has 39 heavy (non-hydrogen) atoms. The number of carbonyl (C=O) groups excluding carboxylic acids is 3. The highest BCUT2D eigenvalue weighted by Gasteiger charge is 2.43. The lowest BCUT2D eigenvalue weighted by atomic mass is 9.75. The number of amides is 1. The molecule has 0 fully saturated rings. The van der Waals surface area contributed by atoms with E-state index in [1.165, 1.54) is 43.3 Å². The van der Waals surface area contributed by atoms with Crippen LogP contribution in [0.3, 0.4) is 0 Å². The van der Waals surface area contributed by atoms with Gasteiger partial charge in [0.1, 0.15) is 10.6 Å². The molecule has 3 aromatic rings. The lowest BCUT2D eigenvalue weighted by molar-refractivity contribution is -0.116. The van der Waals surface area contributed by atoms with Gasteiger partial charge in [0.05, 0.1) is 5.70 Å². The van der Waals surface area contributed by atoms with E-state index in [1.807, 2.05) is 18.2 Å². The van der Waals surface area contributed by atoms with Gasteiger partial charge in [0.15, 0.2) is 11.6 Å². The normalized spacial score (nSPS) is 18.2. The second-order valence-corrected chi connectivity index (χ2v) is 11.2. The zero-order chi connectivity index (χ0) is 27.3. The standard InChI is InChI=1S/C30H24N2O6S/c1-17(33)31-19-11-15-21(16-12-19)39(36,37)38-20-13-9-18(10-14-20)26-27-24(7-4-8-25(27)34)32-29-22-5-2-3-6-23(22)30(35)28(26)29/h2-3,5-6,9-16,26,32H,4,7-8H2,1H3,(H,31,33)/t26-/m1/s1. The van der Waals surface area contributed by atoms with Crippen LogP contribution >= 0.6 is 0 Å². The van der Waals surface area contributed by atoms with Crippen molar-refractivity contribution in [1.29, 1.82) is 0 Å². The Bertz CT molecular complexity index is 1720. The highest BCUT2D eigenvalue weighted by atomic mass is 32.2. The first kappa shape index (κ1) is 24.8. The van der Waals surface area contributed by atoms with E-state index >= 15 is 0 Å². The van der Waals surface area contributed by atoms with Crippen molar-refractivity contribution in [3.63, 3.8) is 0 Å². The monoisotopic (exact) mass is 540 g/mol. The summed E-state index contributed by atoms with van der Waals surface area (Å²) >= 11 is 0. The van der Waals surface area contributed by atoms with Crippen molar-refractivity contribution in [2.45, 2.75) is 37.0 Å². The van der Waals surface area contributed by atoms with Crippen LogP contribution in [0, 0.1) is 0 Å². The zero-order valence-electron chi connectivity index (χ0n) is 21.0. The SMILES string of the molecule is CC(=O)Nc1ccc(S(=O)(=O)Oc2ccc([C@@H]3C4=C(CCCC4=O)NC4=C3C(=O)c3ccccc34)cc2)cc1. The molecule has 0 bridgehead atoms. The van der Waals surface area contributed by atoms with Gasteiger partial charge in [0.25, 0.3) is 0 Å². The van der Waals surface area contributed by atoms with E-state index in [0.29, 0.717) is 40.8 Å². The van der Waals surface area contributed by atoms with Gasteiger partial charge in [-0.3, -0.25) is 14.4 Å². The van der Waals surface area contributed by atoms with Crippen LogP contribution in [0.2, 0.25) is 0 Å². The molecular formula is C30H24N2O6S. The third-order valence-corrected chi connectivity index (χ3v) is 8.41. The van der Waals surface area contributed by atoms with Gasteiger partial charge in [-0.25, -0.2) is 0 Å². The third-order valence-electron chi connectivity index (χ3n) is 7.15. The molecule has 1 amide bonds. The Kier molecular flexibility index (Phi) is 5.95. The molecule has 196 valence electrons. The van der Waals surface area contributed by atoms with Crippen LogP contribution < -0.4 is 14.8 Å². The summed E-state index contributed by atoms with van der Waals surface area (Å²) in [4.78, 5) is 37.8. The van der Waals surface area contributed by atoms with E-state index < -0.39 is 16.0 Å². The van der Waals surface area contributed by atoms with Crippen LogP contribution in [-0.2, 0) is 19.7 Å². The van der Waals surface area contributed by atoms with Gasteiger partial charge in [-0.15, -0.1) is 0 Å². The average molecular weight is 541 g/mol. The van der Waals surface area contributed by atoms with Crippen molar-refractivity contribution in [2.75, 3.05) is 5.32 Å². The minimum Gasteiger partial charge on any atom is -0.379 e. The first-order valence-electron chi connectivity index (χ1n) is 12.6. The molecule has 3 aliphatic rings. The van der Waals surface area contributed by atoms with Crippen LogP contribution in [-0.4, -0.2) is 25.9 Å². The van der Waals surface area contributed by atoms with Gasteiger partial charge in [0.2, 0.25) is 5.91 Å². The molecule has 0 radical (unpaired) electrons. The summed E-state index contributed by atoms with van der Waals surface area (Å²) in [5.74, 6) is -0.836. The summed E-state index contributed by atoms with van der Waals surface area (Å²) in [6, 6.07) is 19.5. The number of Topliss-reactive ketones (excluding diaryl/α,β-unsaturated/α-hetero) is 2. The Balaban J connectivity index is 1.32. The largest absolute Gasteiger partial charge is 0.379 e. The number of dihydropyridines is 1. The molecule has 0 unspecified atom stereocenters. The summed E-state index contributed by atoms with van der Waals surface area (Å²) < 4.78 is 31.0. The fourth-order valence-electron chi connectivity index (χ4n) is 5.47. The predicted molar refractivity (Wildman–Crippen MR) is 144 cm³/mol. The minimum atomic E-state index is -4.13. The second-order valence-electron chi connectivity index (χ2n) is 9.70. The lowest BCUT2D eigenvalue weighted by Crippen LogP contribution is -2.31. The number of hydrogen-bond donors (Lipinski definition) is 2. The zero-order valence-corrected chi connectivity index (χ0v) is 21.8. The number of hydrogen-bond acceptors (Lipinski definition) is 7. The molecule has 3 aromatic carbocycles. The number of benzene rings is 3. The van der Waals surface area contributed by atoms with Crippen molar-refractivity contribution in [1.82, 2.24) is 5.32 Å². The summed E-state index contributed by atoms with van der Waals surface area (Å²) in [6.45, 7) is 1.36. The van der Waals surface area contributed by atoms with Crippen LogP contribution in [0.5, 0.6) is 5.75 Å². The molecule has 2 aliphatic carbocycles. The van der Waals surface area contributed by atoms with Crippen LogP contribution in [0.15, 0.2) is 94.5 Å². The van der Waals surface area contributed by atoms with E-state index in [-0.39, 0.29) is 28.1 Å². The molecule has 1 heterocycles. The van der Waals surface area contributed by atoms with Crippen molar-refractivity contribution in [2.24, 2.45) is 0 Å². The summed E-state index contributed by atoms with van der Waals surface area (Å²) in [5, 5.41) is 5.98. The Hall–Kier alpha value is -4.50. The first-order valence-corrected chi connectivity index (χ1v) is 14.0. The molecule has 0 saturated heterocycles. The predicted octanol–water partition coefficient (Wildman–Crippen LogP) is 4.71. The van der Waals surface area contributed by atoms with Crippen molar-refractivity contribution < 1.29 is 27.0 Å². The summed E-state index contributed by atoms with van der Waals surface area (Å²) in [6.07, 6.45) is 1.87. The molecule has 0 aromatic heterocycles. The maximum absolute atomic E-state index is 13.5. The number of anilines is 1. The van der Waals surface area contributed by atoms with E-state index in [9.17, 15) is 22.8 Å². The molecule has 2 N–H and O–H groups in total. The van der Waals surface area contributed by atoms with Gasteiger partial charge >= 0.3 is 10.1 Å². The molecule has 1 aliphatic heterocycles. The van der Waals surface area contributed by atoms with Gasteiger partial charge in [0, 0.05) is 52.9 Å². The summed E-state index contributed by atoms with van der Waals surface area (Å²) in [5.41, 5.74) is 5.30. The molecule has 6 rings (SSSR count). The molecule has 0 saturated carbocycles. The minimum absolute atomic E-state index is 0.00895. The Morgan fingerprint density at radius 1 is 0.897 bits per heavy atom. The lowest BCUT2D eigenvalue weighted by Gasteiger charge is -2.33. The van der Waals surface area contributed by atoms with Gasteiger partial charge in [-0.05, 0) is 54.8 Å². The molecule has 9 heteroatoms. The molecule has 1 atom stereocenters. The van der Waals surface area contributed by atoms with Gasteiger partial charge in [-0.1, -0.05) is 36.4 Å². The molecular weight excluding hydrogens is 516 g/mol. The maximum Gasteiger partial charge on any atom is 0.339 e. The van der Waals surface area contributed by atoms with Crippen LogP contribution in [0.1, 0.15) is 53.6 Å². The number of ketones is 2.